The van der Waals surface area contributed by atoms with Gasteiger partial charge in [-0.3, -0.25) is 9.97 Å². The average molecular weight is 357 g/mol. The zero-order chi connectivity index (χ0) is 18.8. The molecule has 0 fully saturated rings. The van der Waals surface area contributed by atoms with Crippen molar-refractivity contribution in [2.45, 2.75) is 13.0 Å². The van der Waals surface area contributed by atoms with Crippen molar-refractivity contribution in [2.24, 2.45) is 0 Å². The summed E-state index contributed by atoms with van der Waals surface area (Å²) in [5.74, 6) is 0.758. The number of methoxy groups -OCH3 is 1. The molecule has 0 amide bonds. The average Bonchev–Trinajstić information content (AvgIpc) is 2.73. The number of benzene rings is 1. The van der Waals surface area contributed by atoms with Gasteiger partial charge in [0.25, 0.3) is 0 Å². The van der Waals surface area contributed by atoms with E-state index in [4.69, 9.17) is 9.72 Å². The molecule has 1 N–H and O–H groups in total. The Morgan fingerprint density at radius 2 is 1.81 bits per heavy atom. The van der Waals surface area contributed by atoms with Crippen LogP contribution >= 0.6 is 0 Å². The third-order valence-electron chi connectivity index (χ3n) is 4.64. The summed E-state index contributed by atoms with van der Waals surface area (Å²) in [6.07, 6.45) is 4.32. The second-order valence-electron chi connectivity index (χ2n) is 6.32. The molecule has 1 aromatic carbocycles. The lowest BCUT2D eigenvalue weighted by Gasteiger charge is -2.17. The first-order valence-corrected chi connectivity index (χ1v) is 8.66. The van der Waals surface area contributed by atoms with Gasteiger partial charge in [0.2, 0.25) is 0 Å². The molecule has 0 radical (unpaired) electrons. The van der Waals surface area contributed by atoms with E-state index in [0.717, 1.165) is 39.0 Å². The smallest absolute Gasteiger partial charge is 0.122 e. The minimum absolute atomic E-state index is 0.584. The number of nitrogens with zero attached hydrogens (tertiary/aromatic N) is 3. The first-order chi connectivity index (χ1) is 13.2. The van der Waals surface area contributed by atoms with Gasteiger partial charge in [0.1, 0.15) is 11.9 Å². The van der Waals surface area contributed by atoms with Crippen LogP contribution in [0.3, 0.4) is 0 Å². The maximum atomic E-state index is 11.2. The molecule has 3 aromatic heterocycles. The summed E-state index contributed by atoms with van der Waals surface area (Å²) in [7, 11) is 1.63. The Morgan fingerprint density at radius 3 is 2.56 bits per heavy atom. The van der Waals surface area contributed by atoms with Gasteiger partial charge >= 0.3 is 0 Å². The van der Waals surface area contributed by atoms with Gasteiger partial charge in [0.05, 0.1) is 24.0 Å². The highest BCUT2D eigenvalue weighted by atomic mass is 16.5. The molecular weight excluding hydrogens is 338 g/mol. The Balaban J connectivity index is 1.89. The van der Waals surface area contributed by atoms with E-state index in [1.807, 2.05) is 55.5 Å². The van der Waals surface area contributed by atoms with Crippen LogP contribution in [0, 0.1) is 6.92 Å². The molecule has 27 heavy (non-hydrogen) atoms. The standard InChI is InChI=1S/C22H19N3O2/c1-14-12-16(27-2)5-6-17(14)22(26)21-18-4-3-9-24-20(18)13-19(25-21)15-7-10-23-11-8-15/h3-13,22,26H,1-2H3. The Morgan fingerprint density at radius 1 is 1.00 bits per heavy atom. The molecular formula is C22H19N3O2. The van der Waals surface area contributed by atoms with Crippen LogP contribution in [0.1, 0.15) is 22.9 Å². The molecule has 0 saturated heterocycles. The summed E-state index contributed by atoms with van der Waals surface area (Å²) in [6.45, 7) is 1.95. The van der Waals surface area contributed by atoms with Crippen LogP contribution in [-0.4, -0.2) is 27.2 Å². The Kier molecular flexibility index (Phi) is 4.52. The minimum Gasteiger partial charge on any atom is -0.497 e. The molecule has 0 aliphatic heterocycles. The molecule has 1 atom stereocenters. The van der Waals surface area contributed by atoms with E-state index in [1.54, 1.807) is 25.7 Å². The van der Waals surface area contributed by atoms with E-state index in [2.05, 4.69) is 9.97 Å². The van der Waals surface area contributed by atoms with Crippen molar-refractivity contribution in [2.75, 3.05) is 7.11 Å². The number of aromatic nitrogens is 3. The normalized spacial score (nSPS) is 12.1. The lowest BCUT2D eigenvalue weighted by atomic mass is 9.97. The van der Waals surface area contributed by atoms with Crippen LogP contribution in [0.2, 0.25) is 0 Å². The quantitative estimate of drug-likeness (QED) is 0.596. The molecule has 1 unspecified atom stereocenters. The fourth-order valence-corrected chi connectivity index (χ4v) is 3.21. The summed E-state index contributed by atoms with van der Waals surface area (Å²) in [4.78, 5) is 13.3. The Bertz CT molecular complexity index is 1100. The highest BCUT2D eigenvalue weighted by Gasteiger charge is 2.19. The summed E-state index contributed by atoms with van der Waals surface area (Å²) < 4.78 is 5.27. The number of ether oxygens (including phenoxy) is 1. The zero-order valence-corrected chi connectivity index (χ0v) is 15.1. The predicted molar refractivity (Wildman–Crippen MR) is 105 cm³/mol. The van der Waals surface area contributed by atoms with Crippen LogP contribution in [-0.2, 0) is 0 Å². The number of fused-ring (bicyclic) bond motifs is 1. The molecule has 5 nitrogen and oxygen atoms in total. The number of hydrogen-bond acceptors (Lipinski definition) is 5. The van der Waals surface area contributed by atoms with Crippen molar-refractivity contribution in [1.29, 1.82) is 0 Å². The van der Waals surface area contributed by atoms with Gasteiger partial charge in [-0.25, -0.2) is 4.98 Å². The topological polar surface area (TPSA) is 68.1 Å². The van der Waals surface area contributed by atoms with Gasteiger partial charge in [0, 0.05) is 29.5 Å². The largest absolute Gasteiger partial charge is 0.497 e. The molecule has 0 saturated carbocycles. The first kappa shape index (κ1) is 17.1. The monoisotopic (exact) mass is 357 g/mol. The van der Waals surface area contributed by atoms with Crippen LogP contribution < -0.4 is 4.74 Å². The van der Waals surface area contributed by atoms with E-state index in [9.17, 15) is 5.11 Å². The molecule has 0 aliphatic carbocycles. The van der Waals surface area contributed by atoms with Crippen LogP contribution in [0.5, 0.6) is 5.75 Å². The molecule has 0 bridgehead atoms. The van der Waals surface area contributed by atoms with E-state index < -0.39 is 6.10 Å². The highest BCUT2D eigenvalue weighted by molar-refractivity contribution is 5.85. The number of aliphatic hydroxyl groups excluding tert-OH is 1. The Labute approximate surface area is 157 Å². The molecule has 5 heteroatoms. The molecule has 0 aliphatic rings. The van der Waals surface area contributed by atoms with Crippen LogP contribution in [0.15, 0.2) is 67.1 Å². The van der Waals surface area contributed by atoms with E-state index in [0.29, 0.717) is 5.69 Å². The summed E-state index contributed by atoms with van der Waals surface area (Å²) in [5.41, 5.74) is 4.79. The molecule has 0 spiro atoms. The second kappa shape index (κ2) is 7.13. The lowest BCUT2D eigenvalue weighted by Crippen LogP contribution is -2.07. The number of hydrogen-bond donors (Lipinski definition) is 1. The van der Waals surface area contributed by atoms with Gasteiger partial charge in [-0.05, 0) is 60.5 Å². The summed E-state index contributed by atoms with van der Waals surface area (Å²) >= 11 is 0. The third kappa shape index (κ3) is 3.25. The highest BCUT2D eigenvalue weighted by Crippen LogP contribution is 2.32. The molecule has 4 rings (SSSR count). The number of pyridine rings is 3. The zero-order valence-electron chi connectivity index (χ0n) is 15.1. The number of aliphatic hydroxyl groups is 1. The van der Waals surface area contributed by atoms with E-state index in [-0.39, 0.29) is 0 Å². The maximum absolute atomic E-state index is 11.2. The number of aryl methyl sites for hydroxylation is 1. The summed E-state index contributed by atoms with van der Waals surface area (Å²) in [5, 5.41) is 12.0. The second-order valence-corrected chi connectivity index (χ2v) is 6.32. The van der Waals surface area contributed by atoms with Crippen molar-refractivity contribution in [3.8, 4) is 17.0 Å². The van der Waals surface area contributed by atoms with Crippen molar-refractivity contribution >= 4 is 10.9 Å². The van der Waals surface area contributed by atoms with Crippen molar-refractivity contribution < 1.29 is 9.84 Å². The first-order valence-electron chi connectivity index (χ1n) is 8.66. The summed E-state index contributed by atoms with van der Waals surface area (Å²) in [6, 6.07) is 15.1. The predicted octanol–water partition coefficient (Wildman–Crippen LogP) is 4.09. The van der Waals surface area contributed by atoms with Crippen LogP contribution in [0.4, 0.5) is 0 Å². The number of rotatable bonds is 4. The van der Waals surface area contributed by atoms with Gasteiger partial charge in [-0.1, -0.05) is 6.07 Å². The molecule has 134 valence electrons. The van der Waals surface area contributed by atoms with Crippen LogP contribution in [0.25, 0.3) is 22.2 Å². The van der Waals surface area contributed by atoms with Crippen molar-refractivity contribution in [3.05, 3.63) is 83.9 Å². The van der Waals surface area contributed by atoms with Gasteiger partial charge in [-0.2, -0.15) is 0 Å². The van der Waals surface area contributed by atoms with Crippen molar-refractivity contribution in [1.82, 2.24) is 15.0 Å². The van der Waals surface area contributed by atoms with E-state index in [1.165, 1.54) is 0 Å². The SMILES string of the molecule is COc1ccc(C(O)c2nc(-c3ccncc3)cc3ncccc23)c(C)c1. The third-order valence-corrected chi connectivity index (χ3v) is 4.64. The van der Waals surface area contributed by atoms with E-state index >= 15 is 0 Å². The fraction of sp³-hybridized carbons (Fsp3) is 0.136. The van der Waals surface area contributed by atoms with Crippen molar-refractivity contribution in [3.63, 3.8) is 0 Å². The maximum Gasteiger partial charge on any atom is 0.122 e. The lowest BCUT2D eigenvalue weighted by molar-refractivity contribution is 0.216. The minimum atomic E-state index is -0.871. The van der Waals surface area contributed by atoms with Gasteiger partial charge < -0.3 is 9.84 Å². The Hall–Kier alpha value is -3.31. The fourth-order valence-electron chi connectivity index (χ4n) is 3.21. The van der Waals surface area contributed by atoms with Gasteiger partial charge in [-0.15, -0.1) is 0 Å². The van der Waals surface area contributed by atoms with Gasteiger partial charge in [0.15, 0.2) is 0 Å². The molecule has 4 aromatic rings. The molecule has 3 heterocycles.